The Balaban J connectivity index is 0.000000329. The third-order valence-electron chi connectivity index (χ3n) is 4.77. The summed E-state index contributed by atoms with van der Waals surface area (Å²) in [6.45, 7) is 9.47. The SMILES string of the molecule is CC.CC(=O)Nc1ccc(-c2ccnc(Nc3cccc(C)c3)n2)cc1.CCc1ccccc1F. The molecule has 6 heteroatoms. The highest BCUT2D eigenvalue weighted by molar-refractivity contribution is 5.88. The first kappa shape index (κ1) is 27.2. The average molecular weight is 473 g/mol. The standard InChI is InChI=1S/C19H18N4O.C8H9F.C2H6/c1-13-4-3-5-17(12-13)22-19-20-11-10-18(23-19)15-6-8-16(9-7-15)21-14(2)24;1-2-7-5-3-4-6-8(7)9;1-2/h3-12H,1-2H3,(H,21,24)(H,20,22,23);3-6H,2H2,1H3;1-2H3. The fourth-order valence-electron chi connectivity index (χ4n) is 3.14. The van der Waals surface area contributed by atoms with Crippen molar-refractivity contribution in [3.8, 4) is 11.3 Å². The largest absolute Gasteiger partial charge is 0.326 e. The van der Waals surface area contributed by atoms with E-state index in [0.29, 0.717) is 5.95 Å². The van der Waals surface area contributed by atoms with Gasteiger partial charge in [-0.1, -0.05) is 63.2 Å². The molecule has 5 nitrogen and oxygen atoms in total. The van der Waals surface area contributed by atoms with Crippen LogP contribution in [0, 0.1) is 12.7 Å². The monoisotopic (exact) mass is 472 g/mol. The van der Waals surface area contributed by atoms with Gasteiger partial charge in [-0.2, -0.15) is 0 Å². The number of aromatic nitrogens is 2. The lowest BCUT2D eigenvalue weighted by atomic mass is 10.1. The lowest BCUT2D eigenvalue weighted by Crippen LogP contribution is -2.05. The number of nitrogens with one attached hydrogen (secondary N) is 2. The maximum atomic E-state index is 12.6. The van der Waals surface area contributed by atoms with Crippen molar-refractivity contribution >= 4 is 23.2 Å². The zero-order chi connectivity index (χ0) is 25.6. The first-order chi connectivity index (χ1) is 16.9. The molecule has 35 heavy (non-hydrogen) atoms. The summed E-state index contributed by atoms with van der Waals surface area (Å²) in [5.41, 5.74) is 5.45. The number of amides is 1. The molecule has 0 aliphatic heterocycles. The van der Waals surface area contributed by atoms with Gasteiger partial charge in [-0.15, -0.1) is 0 Å². The van der Waals surface area contributed by atoms with Gasteiger partial charge in [0.25, 0.3) is 0 Å². The lowest BCUT2D eigenvalue weighted by Gasteiger charge is -2.08. The van der Waals surface area contributed by atoms with Gasteiger partial charge in [0.1, 0.15) is 5.82 Å². The van der Waals surface area contributed by atoms with E-state index in [1.54, 1.807) is 18.3 Å². The van der Waals surface area contributed by atoms with Crippen molar-refractivity contribution in [2.75, 3.05) is 10.6 Å². The zero-order valence-corrected chi connectivity index (χ0v) is 21.0. The molecule has 0 unspecified atom stereocenters. The van der Waals surface area contributed by atoms with E-state index in [-0.39, 0.29) is 11.7 Å². The van der Waals surface area contributed by atoms with Crippen molar-refractivity contribution in [3.05, 3.63) is 102 Å². The van der Waals surface area contributed by atoms with E-state index in [9.17, 15) is 9.18 Å². The van der Waals surface area contributed by atoms with Crippen LogP contribution in [0.5, 0.6) is 0 Å². The molecule has 4 rings (SSSR count). The molecule has 0 bridgehead atoms. The summed E-state index contributed by atoms with van der Waals surface area (Å²) in [5.74, 6) is 0.360. The fourth-order valence-corrected chi connectivity index (χ4v) is 3.14. The number of benzene rings is 3. The Morgan fingerprint density at radius 2 is 1.63 bits per heavy atom. The molecule has 0 saturated carbocycles. The second-order valence-electron chi connectivity index (χ2n) is 7.46. The average Bonchev–Trinajstić information content (AvgIpc) is 2.86. The van der Waals surface area contributed by atoms with E-state index < -0.39 is 0 Å². The van der Waals surface area contributed by atoms with Crippen molar-refractivity contribution in [1.29, 1.82) is 0 Å². The zero-order valence-electron chi connectivity index (χ0n) is 21.0. The number of rotatable bonds is 5. The quantitative estimate of drug-likeness (QED) is 0.314. The van der Waals surface area contributed by atoms with Crippen molar-refractivity contribution in [2.45, 2.75) is 41.0 Å². The van der Waals surface area contributed by atoms with Crippen LogP contribution < -0.4 is 10.6 Å². The number of hydrogen-bond acceptors (Lipinski definition) is 4. The number of nitrogens with zero attached hydrogens (tertiary/aromatic N) is 2. The summed E-state index contributed by atoms with van der Waals surface area (Å²) in [6, 6.07) is 24.3. The number of aryl methyl sites for hydroxylation is 2. The van der Waals surface area contributed by atoms with Crippen molar-refractivity contribution in [3.63, 3.8) is 0 Å². The summed E-state index contributed by atoms with van der Waals surface area (Å²) in [5, 5.41) is 5.96. The van der Waals surface area contributed by atoms with Gasteiger partial charge in [0.2, 0.25) is 11.9 Å². The van der Waals surface area contributed by atoms with Gasteiger partial charge >= 0.3 is 0 Å². The van der Waals surface area contributed by atoms with Gasteiger partial charge in [-0.3, -0.25) is 4.79 Å². The van der Waals surface area contributed by atoms with E-state index in [1.807, 2.05) is 88.4 Å². The fraction of sp³-hybridized carbons (Fsp3) is 0.207. The Bertz CT molecular complexity index is 1210. The van der Waals surface area contributed by atoms with E-state index in [0.717, 1.165) is 34.6 Å². The number of hydrogen-bond donors (Lipinski definition) is 2. The Morgan fingerprint density at radius 3 is 2.23 bits per heavy atom. The predicted octanol–water partition coefficient (Wildman–Crippen LogP) is 7.57. The van der Waals surface area contributed by atoms with E-state index >= 15 is 0 Å². The Hall–Kier alpha value is -4.06. The number of carbonyl (C=O) groups excluding carboxylic acids is 1. The summed E-state index contributed by atoms with van der Waals surface area (Å²) in [7, 11) is 0. The molecule has 1 heterocycles. The van der Waals surface area contributed by atoms with Gasteiger partial charge in [0, 0.05) is 30.1 Å². The molecule has 182 valence electrons. The first-order valence-electron chi connectivity index (χ1n) is 11.7. The van der Waals surface area contributed by atoms with Crippen LogP contribution in [-0.2, 0) is 11.2 Å². The molecule has 1 aromatic heterocycles. The summed E-state index contributed by atoms with van der Waals surface area (Å²) in [6.07, 6.45) is 2.49. The highest BCUT2D eigenvalue weighted by atomic mass is 19.1. The molecule has 0 radical (unpaired) electrons. The third kappa shape index (κ3) is 9.01. The molecule has 0 spiro atoms. The maximum Gasteiger partial charge on any atom is 0.227 e. The van der Waals surface area contributed by atoms with Crippen LogP contribution in [0.4, 0.5) is 21.7 Å². The minimum Gasteiger partial charge on any atom is -0.326 e. The van der Waals surface area contributed by atoms with Crippen molar-refractivity contribution < 1.29 is 9.18 Å². The second kappa shape index (κ2) is 14.3. The highest BCUT2D eigenvalue weighted by Crippen LogP contribution is 2.21. The van der Waals surface area contributed by atoms with Crippen molar-refractivity contribution in [2.24, 2.45) is 0 Å². The molecular weight excluding hydrogens is 439 g/mol. The van der Waals surface area contributed by atoms with Crippen LogP contribution in [0.1, 0.15) is 38.8 Å². The normalized spacial score (nSPS) is 9.66. The Kier molecular flexibility index (Phi) is 11.1. The minimum atomic E-state index is -0.0972. The Labute approximate surface area is 207 Å². The lowest BCUT2D eigenvalue weighted by molar-refractivity contribution is -0.114. The maximum absolute atomic E-state index is 12.6. The molecule has 1 amide bonds. The third-order valence-corrected chi connectivity index (χ3v) is 4.77. The Morgan fingerprint density at radius 1 is 0.914 bits per heavy atom. The van der Waals surface area contributed by atoms with Gasteiger partial charge in [-0.25, -0.2) is 14.4 Å². The van der Waals surface area contributed by atoms with Gasteiger partial charge < -0.3 is 10.6 Å². The predicted molar refractivity (Wildman–Crippen MR) is 143 cm³/mol. The molecule has 0 aliphatic carbocycles. The van der Waals surface area contributed by atoms with Crippen molar-refractivity contribution in [1.82, 2.24) is 9.97 Å². The smallest absolute Gasteiger partial charge is 0.227 e. The van der Waals surface area contributed by atoms with Crippen LogP contribution in [0.25, 0.3) is 11.3 Å². The summed E-state index contributed by atoms with van der Waals surface area (Å²) < 4.78 is 12.6. The topological polar surface area (TPSA) is 66.9 Å². The second-order valence-corrected chi connectivity index (χ2v) is 7.46. The minimum absolute atomic E-state index is 0.0885. The molecule has 2 N–H and O–H groups in total. The number of anilines is 3. The summed E-state index contributed by atoms with van der Waals surface area (Å²) >= 11 is 0. The molecule has 3 aromatic carbocycles. The molecule has 0 fully saturated rings. The number of carbonyl (C=O) groups is 1. The molecule has 0 saturated heterocycles. The molecule has 4 aromatic rings. The van der Waals surface area contributed by atoms with Crippen LogP contribution in [0.15, 0.2) is 85.1 Å². The van der Waals surface area contributed by atoms with E-state index in [2.05, 4.69) is 20.6 Å². The highest BCUT2D eigenvalue weighted by Gasteiger charge is 2.04. The molecule has 0 atom stereocenters. The number of halogens is 1. The molecular formula is C29H33FN4O. The van der Waals surface area contributed by atoms with Gasteiger partial charge in [0.15, 0.2) is 0 Å². The summed E-state index contributed by atoms with van der Waals surface area (Å²) in [4.78, 5) is 19.9. The first-order valence-corrected chi connectivity index (χ1v) is 11.7. The van der Waals surface area contributed by atoms with Crippen LogP contribution >= 0.6 is 0 Å². The van der Waals surface area contributed by atoms with Gasteiger partial charge in [-0.05, 0) is 60.9 Å². The van der Waals surface area contributed by atoms with Crippen LogP contribution in [-0.4, -0.2) is 15.9 Å². The van der Waals surface area contributed by atoms with Crippen LogP contribution in [0.3, 0.4) is 0 Å². The van der Waals surface area contributed by atoms with Gasteiger partial charge in [0.05, 0.1) is 5.69 Å². The van der Waals surface area contributed by atoms with E-state index in [4.69, 9.17) is 0 Å². The van der Waals surface area contributed by atoms with E-state index in [1.165, 1.54) is 18.6 Å². The molecule has 0 aliphatic rings. The van der Waals surface area contributed by atoms with Crippen LogP contribution in [0.2, 0.25) is 0 Å².